The maximum absolute atomic E-state index is 13.1. The van der Waals surface area contributed by atoms with E-state index in [1.807, 2.05) is 17.5 Å². The lowest BCUT2D eigenvalue weighted by atomic mass is 9.96. The largest absolute Gasteiger partial charge is 0.360 e. The summed E-state index contributed by atoms with van der Waals surface area (Å²) < 4.78 is 32.6. The van der Waals surface area contributed by atoms with E-state index in [1.54, 1.807) is 25.2 Å². The number of sulfonamides is 1. The molecule has 0 radical (unpaired) electrons. The number of rotatable bonds is 6. The van der Waals surface area contributed by atoms with Crippen LogP contribution in [-0.4, -0.2) is 36.9 Å². The Balaban J connectivity index is 1.75. The van der Waals surface area contributed by atoms with Gasteiger partial charge in [-0.05, 0) is 44.1 Å². The van der Waals surface area contributed by atoms with E-state index in [1.165, 1.54) is 4.31 Å². The summed E-state index contributed by atoms with van der Waals surface area (Å²) in [5.41, 5.74) is 0.349. The summed E-state index contributed by atoms with van der Waals surface area (Å²) in [5, 5.41) is 8.89. The second-order valence-electron chi connectivity index (χ2n) is 7.60. The second-order valence-corrected chi connectivity index (χ2v) is 10.5. The van der Waals surface area contributed by atoms with E-state index in [4.69, 9.17) is 4.52 Å². The van der Waals surface area contributed by atoms with Crippen LogP contribution >= 0.6 is 11.3 Å². The van der Waals surface area contributed by atoms with E-state index in [-0.39, 0.29) is 41.0 Å². The fourth-order valence-electron chi connectivity index (χ4n) is 3.65. The van der Waals surface area contributed by atoms with Crippen LogP contribution in [0.4, 0.5) is 0 Å². The third-order valence-corrected chi connectivity index (χ3v) is 8.20. The summed E-state index contributed by atoms with van der Waals surface area (Å²) in [6.07, 6.45) is 1.32. The van der Waals surface area contributed by atoms with Crippen LogP contribution in [-0.2, 0) is 14.8 Å². The third-order valence-electron chi connectivity index (χ3n) is 5.13. The zero-order valence-electron chi connectivity index (χ0n) is 16.6. The molecule has 2 aromatic rings. The van der Waals surface area contributed by atoms with Crippen LogP contribution in [0.1, 0.15) is 49.1 Å². The second kappa shape index (κ2) is 8.34. The Kier molecular flexibility index (Phi) is 6.26. The molecule has 1 aliphatic heterocycles. The number of aryl methyl sites for hydroxylation is 2. The van der Waals surface area contributed by atoms with Crippen molar-refractivity contribution < 1.29 is 17.7 Å². The lowest BCUT2D eigenvalue weighted by Gasteiger charge is -2.32. The van der Waals surface area contributed by atoms with Gasteiger partial charge in [-0.15, -0.1) is 11.3 Å². The molecule has 2 atom stereocenters. The number of aromatic nitrogens is 1. The summed E-state index contributed by atoms with van der Waals surface area (Å²) in [6, 6.07) is 3.92. The minimum Gasteiger partial charge on any atom is -0.360 e. The first-order chi connectivity index (χ1) is 13.2. The van der Waals surface area contributed by atoms with Gasteiger partial charge in [-0.25, -0.2) is 8.42 Å². The molecule has 3 rings (SSSR count). The number of amides is 1. The molecule has 1 aliphatic rings. The standard InChI is InChI=1S/C19H27N3O4S2/c1-12(2)17(16-8-6-10-27-16)20-19(23)15-7-5-9-22(11-15)28(24,25)18-13(3)21-26-14(18)4/h6,8,10,12,15,17H,5,7,9,11H2,1-4H3,(H,20,23). The van der Waals surface area contributed by atoms with Gasteiger partial charge in [0.15, 0.2) is 5.76 Å². The van der Waals surface area contributed by atoms with Gasteiger partial charge in [0.05, 0.1) is 12.0 Å². The number of nitrogens with zero attached hydrogens (tertiary/aromatic N) is 2. The first-order valence-electron chi connectivity index (χ1n) is 9.48. The van der Waals surface area contributed by atoms with E-state index in [0.717, 1.165) is 4.88 Å². The van der Waals surface area contributed by atoms with Gasteiger partial charge in [-0.2, -0.15) is 4.31 Å². The van der Waals surface area contributed by atoms with Crippen LogP contribution in [0, 0.1) is 25.7 Å². The maximum atomic E-state index is 13.1. The molecule has 1 N–H and O–H groups in total. The lowest BCUT2D eigenvalue weighted by Crippen LogP contribution is -2.46. The smallest absolute Gasteiger partial charge is 0.248 e. The van der Waals surface area contributed by atoms with Crippen molar-refractivity contribution in [3.8, 4) is 0 Å². The number of hydrogen-bond acceptors (Lipinski definition) is 6. The molecule has 0 spiro atoms. The van der Waals surface area contributed by atoms with Crippen molar-refractivity contribution in [1.82, 2.24) is 14.8 Å². The molecule has 0 aromatic carbocycles. The van der Waals surface area contributed by atoms with E-state index in [2.05, 4.69) is 24.3 Å². The monoisotopic (exact) mass is 425 g/mol. The lowest BCUT2D eigenvalue weighted by molar-refractivity contribution is -0.127. The van der Waals surface area contributed by atoms with Gasteiger partial charge in [-0.1, -0.05) is 25.1 Å². The molecular formula is C19H27N3O4S2. The normalized spacial score (nSPS) is 19.7. The zero-order valence-corrected chi connectivity index (χ0v) is 18.3. The van der Waals surface area contributed by atoms with Crippen molar-refractivity contribution in [2.24, 2.45) is 11.8 Å². The molecule has 2 unspecified atom stereocenters. The summed E-state index contributed by atoms with van der Waals surface area (Å²) in [5.74, 6) is 0.0611. The number of hydrogen-bond donors (Lipinski definition) is 1. The number of piperidine rings is 1. The van der Waals surface area contributed by atoms with E-state index >= 15 is 0 Å². The molecule has 1 fully saturated rings. The van der Waals surface area contributed by atoms with Crippen molar-refractivity contribution in [3.63, 3.8) is 0 Å². The molecule has 0 saturated carbocycles. The van der Waals surface area contributed by atoms with Crippen molar-refractivity contribution in [2.75, 3.05) is 13.1 Å². The Morgan fingerprint density at radius 1 is 1.39 bits per heavy atom. The summed E-state index contributed by atoms with van der Waals surface area (Å²) >= 11 is 1.62. The minimum atomic E-state index is -3.74. The molecule has 3 heterocycles. The highest BCUT2D eigenvalue weighted by atomic mass is 32.2. The third kappa shape index (κ3) is 4.16. The van der Waals surface area contributed by atoms with Crippen LogP contribution in [0.3, 0.4) is 0 Å². The van der Waals surface area contributed by atoms with Gasteiger partial charge in [0.2, 0.25) is 15.9 Å². The fraction of sp³-hybridized carbons (Fsp3) is 0.579. The van der Waals surface area contributed by atoms with E-state index in [0.29, 0.717) is 25.1 Å². The van der Waals surface area contributed by atoms with Gasteiger partial charge in [0.1, 0.15) is 10.6 Å². The SMILES string of the molecule is Cc1noc(C)c1S(=O)(=O)N1CCCC(C(=O)NC(c2cccs2)C(C)C)C1. The number of nitrogens with one attached hydrogen (secondary N) is 1. The molecule has 9 heteroatoms. The molecule has 28 heavy (non-hydrogen) atoms. The molecule has 7 nitrogen and oxygen atoms in total. The number of carbonyl (C=O) groups excluding carboxylic acids is 1. The van der Waals surface area contributed by atoms with Gasteiger partial charge in [0.25, 0.3) is 0 Å². The molecule has 2 aromatic heterocycles. The number of thiophene rings is 1. The highest BCUT2D eigenvalue weighted by Gasteiger charge is 2.37. The molecule has 1 saturated heterocycles. The highest BCUT2D eigenvalue weighted by molar-refractivity contribution is 7.89. The molecule has 154 valence electrons. The summed E-state index contributed by atoms with van der Waals surface area (Å²) in [6.45, 7) is 7.92. The van der Waals surface area contributed by atoms with Crippen LogP contribution in [0.5, 0.6) is 0 Å². The van der Waals surface area contributed by atoms with Crippen molar-refractivity contribution in [1.29, 1.82) is 0 Å². The summed E-state index contributed by atoms with van der Waals surface area (Å²) in [7, 11) is -3.74. The Hall–Kier alpha value is -1.71. The van der Waals surface area contributed by atoms with Gasteiger partial charge >= 0.3 is 0 Å². The first kappa shape index (κ1) is 21.0. The first-order valence-corrected chi connectivity index (χ1v) is 11.8. The van der Waals surface area contributed by atoms with Crippen molar-refractivity contribution in [3.05, 3.63) is 33.8 Å². The average Bonchev–Trinajstić information content (AvgIpc) is 3.29. The topological polar surface area (TPSA) is 92.5 Å². The Morgan fingerprint density at radius 2 is 2.14 bits per heavy atom. The molecule has 1 amide bonds. The number of carbonyl (C=O) groups is 1. The van der Waals surface area contributed by atoms with Crippen molar-refractivity contribution in [2.45, 2.75) is 51.5 Å². The summed E-state index contributed by atoms with van der Waals surface area (Å²) in [4.78, 5) is 14.2. The zero-order chi connectivity index (χ0) is 20.5. The van der Waals surface area contributed by atoms with Gasteiger partial charge in [0, 0.05) is 18.0 Å². The van der Waals surface area contributed by atoms with Crippen LogP contribution in [0.25, 0.3) is 0 Å². The van der Waals surface area contributed by atoms with Crippen LogP contribution in [0.15, 0.2) is 26.9 Å². The molecule has 0 bridgehead atoms. The van der Waals surface area contributed by atoms with E-state index < -0.39 is 10.0 Å². The Morgan fingerprint density at radius 3 is 2.71 bits per heavy atom. The van der Waals surface area contributed by atoms with Crippen LogP contribution < -0.4 is 5.32 Å². The van der Waals surface area contributed by atoms with Gasteiger partial charge < -0.3 is 9.84 Å². The van der Waals surface area contributed by atoms with Crippen molar-refractivity contribution >= 4 is 27.3 Å². The molecule has 0 aliphatic carbocycles. The van der Waals surface area contributed by atoms with Gasteiger partial charge in [-0.3, -0.25) is 4.79 Å². The predicted molar refractivity (Wildman–Crippen MR) is 108 cm³/mol. The molecular weight excluding hydrogens is 398 g/mol. The highest BCUT2D eigenvalue weighted by Crippen LogP contribution is 2.30. The Labute approximate surface area is 170 Å². The van der Waals surface area contributed by atoms with E-state index in [9.17, 15) is 13.2 Å². The minimum absolute atomic E-state index is 0.0675. The quantitative estimate of drug-likeness (QED) is 0.767. The average molecular weight is 426 g/mol. The predicted octanol–water partition coefficient (Wildman–Crippen LogP) is 3.27. The van der Waals surface area contributed by atoms with Crippen LogP contribution in [0.2, 0.25) is 0 Å². The fourth-order valence-corrected chi connectivity index (χ4v) is 6.42. The Bertz CT molecular complexity index is 900. The maximum Gasteiger partial charge on any atom is 0.248 e.